The van der Waals surface area contributed by atoms with E-state index in [2.05, 4.69) is 20.8 Å². The van der Waals surface area contributed by atoms with Gasteiger partial charge in [0.05, 0.1) is 17.3 Å². The molecule has 0 bridgehead atoms. The summed E-state index contributed by atoms with van der Waals surface area (Å²) in [6, 6.07) is 6.99. The summed E-state index contributed by atoms with van der Waals surface area (Å²) in [6.45, 7) is 5.60. The quantitative estimate of drug-likeness (QED) is 0.779. The number of benzene rings is 1. The molecular formula is C17H20ClN5O2. The summed E-state index contributed by atoms with van der Waals surface area (Å²) in [5, 5.41) is 12.9. The minimum absolute atomic E-state index is 0.0285. The Labute approximate surface area is 150 Å². The Kier molecular flexibility index (Phi) is 4.94. The van der Waals surface area contributed by atoms with E-state index in [4.69, 9.17) is 11.6 Å². The summed E-state index contributed by atoms with van der Waals surface area (Å²) in [4.78, 5) is 25.7. The molecule has 0 radical (unpaired) electrons. The summed E-state index contributed by atoms with van der Waals surface area (Å²) in [5.41, 5.74) is 2.59. The van der Waals surface area contributed by atoms with E-state index in [-0.39, 0.29) is 24.3 Å². The van der Waals surface area contributed by atoms with Gasteiger partial charge in [-0.15, -0.1) is 0 Å². The SMILES string of the molecule is CC(C)c1cc(C(=O)Nc2ccc(N3CCNC(=O)C3)c(Cl)c2)n[nH]1. The second-order valence-electron chi connectivity index (χ2n) is 6.26. The maximum absolute atomic E-state index is 12.3. The molecular weight excluding hydrogens is 342 g/mol. The van der Waals surface area contributed by atoms with Crippen molar-refractivity contribution >= 4 is 34.8 Å². The molecule has 0 spiro atoms. The number of carbonyl (C=O) groups excluding carboxylic acids is 2. The van der Waals surface area contributed by atoms with Gasteiger partial charge in [-0.1, -0.05) is 25.4 Å². The van der Waals surface area contributed by atoms with Crippen molar-refractivity contribution in [2.24, 2.45) is 0 Å². The number of nitrogens with one attached hydrogen (secondary N) is 3. The normalized spacial score (nSPS) is 14.6. The summed E-state index contributed by atoms with van der Waals surface area (Å²) in [6.07, 6.45) is 0. The lowest BCUT2D eigenvalue weighted by atomic mass is 10.1. The van der Waals surface area contributed by atoms with Gasteiger partial charge < -0.3 is 15.5 Å². The first-order valence-corrected chi connectivity index (χ1v) is 8.49. The zero-order valence-electron chi connectivity index (χ0n) is 14.1. The molecule has 132 valence electrons. The highest BCUT2D eigenvalue weighted by Gasteiger charge is 2.19. The average molecular weight is 362 g/mol. The second kappa shape index (κ2) is 7.14. The topological polar surface area (TPSA) is 90.1 Å². The van der Waals surface area contributed by atoms with Gasteiger partial charge in [-0.3, -0.25) is 14.7 Å². The maximum atomic E-state index is 12.3. The molecule has 3 rings (SSSR count). The van der Waals surface area contributed by atoms with Gasteiger partial charge in [0.2, 0.25) is 5.91 Å². The monoisotopic (exact) mass is 361 g/mol. The number of H-pyrrole nitrogens is 1. The van der Waals surface area contributed by atoms with Crippen molar-refractivity contribution in [3.63, 3.8) is 0 Å². The highest BCUT2D eigenvalue weighted by Crippen LogP contribution is 2.29. The van der Waals surface area contributed by atoms with Crippen LogP contribution in [0.2, 0.25) is 5.02 Å². The van der Waals surface area contributed by atoms with Crippen molar-refractivity contribution in [3.05, 3.63) is 40.7 Å². The van der Waals surface area contributed by atoms with E-state index in [1.165, 1.54) is 0 Å². The molecule has 8 heteroatoms. The Morgan fingerprint density at radius 3 is 2.80 bits per heavy atom. The van der Waals surface area contributed by atoms with Gasteiger partial charge >= 0.3 is 0 Å². The van der Waals surface area contributed by atoms with Crippen LogP contribution in [0.4, 0.5) is 11.4 Å². The van der Waals surface area contributed by atoms with Crippen molar-refractivity contribution in [3.8, 4) is 0 Å². The molecule has 3 N–H and O–H groups in total. The minimum atomic E-state index is -0.302. The number of nitrogens with zero attached hydrogens (tertiary/aromatic N) is 2. The van der Waals surface area contributed by atoms with Crippen molar-refractivity contribution in [2.75, 3.05) is 29.9 Å². The number of halogens is 1. The lowest BCUT2D eigenvalue weighted by Crippen LogP contribution is -2.47. The highest BCUT2D eigenvalue weighted by atomic mass is 35.5. The van der Waals surface area contributed by atoms with E-state index in [1.54, 1.807) is 24.3 Å². The van der Waals surface area contributed by atoms with Crippen molar-refractivity contribution in [1.82, 2.24) is 15.5 Å². The third kappa shape index (κ3) is 3.93. The van der Waals surface area contributed by atoms with Crippen molar-refractivity contribution in [2.45, 2.75) is 19.8 Å². The van der Waals surface area contributed by atoms with Crippen LogP contribution in [0.5, 0.6) is 0 Å². The summed E-state index contributed by atoms with van der Waals surface area (Å²) < 4.78 is 0. The van der Waals surface area contributed by atoms with Crippen LogP contribution in [0.1, 0.15) is 35.9 Å². The van der Waals surface area contributed by atoms with Gasteiger partial charge in [-0.05, 0) is 30.2 Å². The first kappa shape index (κ1) is 17.3. The molecule has 0 saturated carbocycles. The third-order valence-electron chi connectivity index (χ3n) is 4.04. The number of rotatable bonds is 4. The standard InChI is InChI=1S/C17H20ClN5O2/c1-10(2)13-8-14(22-21-13)17(25)20-11-3-4-15(12(18)7-11)23-6-5-19-16(24)9-23/h3-4,7-8,10H,5-6,9H2,1-2H3,(H,19,24)(H,20,25)(H,21,22). The zero-order chi connectivity index (χ0) is 18.0. The van der Waals surface area contributed by atoms with E-state index in [0.717, 1.165) is 11.4 Å². The van der Waals surface area contributed by atoms with Crippen LogP contribution >= 0.6 is 11.6 Å². The number of hydrogen-bond acceptors (Lipinski definition) is 4. The maximum Gasteiger partial charge on any atom is 0.276 e. The molecule has 1 aromatic carbocycles. The lowest BCUT2D eigenvalue weighted by Gasteiger charge is -2.29. The van der Waals surface area contributed by atoms with Crippen LogP contribution in [-0.4, -0.2) is 41.6 Å². The van der Waals surface area contributed by atoms with Crippen molar-refractivity contribution < 1.29 is 9.59 Å². The molecule has 7 nitrogen and oxygen atoms in total. The van der Waals surface area contributed by atoms with E-state index < -0.39 is 0 Å². The Morgan fingerprint density at radius 1 is 1.36 bits per heavy atom. The zero-order valence-corrected chi connectivity index (χ0v) is 14.9. The summed E-state index contributed by atoms with van der Waals surface area (Å²) in [5.74, 6) is -0.0620. The Morgan fingerprint density at radius 2 is 2.16 bits per heavy atom. The van der Waals surface area contributed by atoms with Crippen LogP contribution in [0.3, 0.4) is 0 Å². The molecule has 1 aliphatic rings. The van der Waals surface area contributed by atoms with Gasteiger partial charge in [-0.2, -0.15) is 5.10 Å². The van der Waals surface area contributed by atoms with Crippen molar-refractivity contribution in [1.29, 1.82) is 0 Å². The van der Waals surface area contributed by atoms with Gasteiger partial charge in [0, 0.05) is 24.5 Å². The van der Waals surface area contributed by atoms with Crippen LogP contribution < -0.4 is 15.5 Å². The van der Waals surface area contributed by atoms with Crippen LogP contribution in [0.15, 0.2) is 24.3 Å². The van der Waals surface area contributed by atoms with E-state index in [1.807, 2.05) is 18.7 Å². The summed E-state index contributed by atoms with van der Waals surface area (Å²) in [7, 11) is 0. The Hall–Kier alpha value is -2.54. The fourth-order valence-corrected chi connectivity index (χ4v) is 2.93. The van der Waals surface area contributed by atoms with Gasteiger partial charge in [-0.25, -0.2) is 0 Å². The number of aromatic amines is 1. The smallest absolute Gasteiger partial charge is 0.276 e. The van der Waals surface area contributed by atoms with Crippen LogP contribution in [0.25, 0.3) is 0 Å². The fraction of sp³-hybridized carbons (Fsp3) is 0.353. The average Bonchev–Trinajstić information content (AvgIpc) is 3.05. The molecule has 2 aromatic rings. The Bertz CT molecular complexity index is 802. The molecule has 1 aromatic heterocycles. The fourth-order valence-electron chi connectivity index (χ4n) is 2.63. The Balaban J connectivity index is 1.71. The predicted octanol–water partition coefficient (Wildman–Crippen LogP) is 2.38. The molecule has 1 saturated heterocycles. The number of piperazine rings is 1. The van der Waals surface area contributed by atoms with E-state index in [0.29, 0.717) is 29.5 Å². The first-order chi connectivity index (χ1) is 11.9. The van der Waals surface area contributed by atoms with E-state index in [9.17, 15) is 9.59 Å². The molecule has 25 heavy (non-hydrogen) atoms. The van der Waals surface area contributed by atoms with Crippen LogP contribution in [-0.2, 0) is 4.79 Å². The van der Waals surface area contributed by atoms with E-state index >= 15 is 0 Å². The number of aromatic nitrogens is 2. The molecule has 1 fully saturated rings. The molecule has 1 aliphatic heterocycles. The predicted molar refractivity (Wildman–Crippen MR) is 97.3 cm³/mol. The third-order valence-corrected chi connectivity index (χ3v) is 4.34. The molecule has 0 aliphatic carbocycles. The largest absolute Gasteiger partial charge is 0.359 e. The number of amides is 2. The molecule has 2 amide bonds. The summed E-state index contributed by atoms with van der Waals surface area (Å²) >= 11 is 6.34. The molecule has 0 atom stereocenters. The van der Waals surface area contributed by atoms with Crippen LogP contribution in [0, 0.1) is 0 Å². The number of carbonyl (C=O) groups is 2. The second-order valence-corrected chi connectivity index (χ2v) is 6.66. The van der Waals surface area contributed by atoms with Gasteiger partial charge in [0.1, 0.15) is 0 Å². The first-order valence-electron chi connectivity index (χ1n) is 8.12. The molecule has 0 unspecified atom stereocenters. The van der Waals surface area contributed by atoms with Gasteiger partial charge in [0.25, 0.3) is 5.91 Å². The number of hydrogen-bond donors (Lipinski definition) is 3. The molecule has 2 heterocycles. The lowest BCUT2D eigenvalue weighted by molar-refractivity contribution is -0.120. The number of anilines is 2. The highest BCUT2D eigenvalue weighted by molar-refractivity contribution is 6.33. The van der Waals surface area contributed by atoms with Gasteiger partial charge in [0.15, 0.2) is 5.69 Å². The minimum Gasteiger partial charge on any atom is -0.359 e.